The Morgan fingerprint density at radius 1 is 1.08 bits per heavy atom. The van der Waals surface area contributed by atoms with Gasteiger partial charge in [0.2, 0.25) is 0 Å². The van der Waals surface area contributed by atoms with Crippen molar-refractivity contribution in [1.82, 2.24) is 14.7 Å². The Hall–Kier alpha value is -3.60. The van der Waals surface area contributed by atoms with E-state index in [2.05, 4.69) is 15.9 Å². The van der Waals surface area contributed by atoms with Gasteiger partial charge in [-0.25, -0.2) is 0 Å². The van der Waals surface area contributed by atoms with Crippen LogP contribution in [-0.4, -0.2) is 115 Å². The number of likely N-dealkylation sites (N-methyl/N-ethyl adjacent to an activating group) is 1. The number of hydrogen-bond donors (Lipinski definition) is 1. The van der Waals surface area contributed by atoms with Crippen molar-refractivity contribution in [2.45, 2.75) is 50.9 Å². The van der Waals surface area contributed by atoms with Gasteiger partial charge < -0.3 is 34.7 Å². The minimum Gasteiger partial charge on any atom is -0.481 e. The molecule has 3 aliphatic rings. The van der Waals surface area contributed by atoms with E-state index in [1.54, 1.807) is 11.0 Å². The van der Waals surface area contributed by atoms with E-state index in [4.69, 9.17) is 47.4 Å². The van der Waals surface area contributed by atoms with Crippen LogP contribution in [0.3, 0.4) is 0 Å². The molecule has 0 bridgehead atoms. The lowest BCUT2D eigenvalue weighted by Crippen LogP contribution is -2.62. The molecule has 13 heteroatoms. The molecule has 270 valence electrons. The number of hydrogen-bond acceptors (Lipinski definition) is 8. The minimum absolute atomic E-state index is 0. The average molecular weight is 730 g/mol. The predicted molar refractivity (Wildman–Crippen MR) is 194 cm³/mol. The van der Waals surface area contributed by atoms with Crippen molar-refractivity contribution in [3.63, 3.8) is 0 Å². The maximum atomic E-state index is 13.8. The zero-order valence-corrected chi connectivity index (χ0v) is 30.3. The third-order valence-corrected chi connectivity index (χ3v) is 9.84. The second-order valence-electron chi connectivity index (χ2n) is 12.5. The third kappa shape index (κ3) is 10.7. The second-order valence-corrected chi connectivity index (χ2v) is 13.3. The van der Waals surface area contributed by atoms with Crippen molar-refractivity contribution in [2.75, 3.05) is 59.5 Å². The Bertz CT molecular complexity index is 1640. The van der Waals surface area contributed by atoms with Gasteiger partial charge >= 0.3 is 0 Å². The van der Waals surface area contributed by atoms with E-state index in [9.17, 15) is 10.1 Å². The first-order valence-electron chi connectivity index (χ1n) is 16.5. The van der Waals surface area contributed by atoms with E-state index in [1.807, 2.05) is 55.6 Å². The summed E-state index contributed by atoms with van der Waals surface area (Å²) in [6, 6.07) is 19.8. The molecule has 3 aromatic carbocycles. The number of likely N-dealkylation sites (tertiary alicyclic amines) is 2. The lowest BCUT2D eigenvalue weighted by atomic mass is 9.93. The zero-order chi connectivity index (χ0) is 35.6. The number of benzene rings is 3. The number of aldehydes is 1. The maximum Gasteiger partial charge on any atom is 0.300 e. The topological polar surface area (TPSA) is 155 Å². The van der Waals surface area contributed by atoms with Gasteiger partial charge in [-0.05, 0) is 60.5 Å². The molecule has 3 aromatic rings. The maximum absolute atomic E-state index is 13.8. The Balaban J connectivity index is 0.000000778. The van der Waals surface area contributed by atoms with Crippen LogP contribution in [0, 0.1) is 11.3 Å². The molecule has 6 rings (SSSR count). The first-order chi connectivity index (χ1) is 23.5. The summed E-state index contributed by atoms with van der Waals surface area (Å²) in [5.74, 6) is -1.20. The van der Waals surface area contributed by atoms with Crippen LogP contribution in [0.2, 0.25) is 10.0 Å². The van der Waals surface area contributed by atoms with Crippen molar-refractivity contribution in [1.29, 1.82) is 5.26 Å². The number of nitrogens with zero attached hydrogens (tertiary/aromatic N) is 4. The minimum atomic E-state index is -0.833. The van der Waals surface area contributed by atoms with Gasteiger partial charge in [-0.3, -0.25) is 14.5 Å². The van der Waals surface area contributed by atoms with E-state index in [1.165, 1.54) is 6.92 Å². The fraction of sp³-hybridized carbons (Fsp3) is 0.459. The fourth-order valence-electron chi connectivity index (χ4n) is 6.61. The van der Waals surface area contributed by atoms with Crippen LogP contribution in [0.5, 0.6) is 0 Å². The number of aliphatic carboxylic acids is 1. The van der Waals surface area contributed by atoms with Gasteiger partial charge in [0.15, 0.2) is 5.79 Å². The van der Waals surface area contributed by atoms with Crippen molar-refractivity contribution in [3.05, 3.63) is 81.3 Å². The highest BCUT2D eigenvalue weighted by atomic mass is 35.5. The summed E-state index contributed by atoms with van der Waals surface area (Å²) in [5.41, 5.74) is 2.09. The van der Waals surface area contributed by atoms with Gasteiger partial charge in [-0.1, -0.05) is 53.5 Å². The number of halogens is 2. The van der Waals surface area contributed by atoms with Crippen LogP contribution in [0.4, 0.5) is 0 Å². The monoisotopic (exact) mass is 728 g/mol. The van der Waals surface area contributed by atoms with Gasteiger partial charge in [0.1, 0.15) is 6.29 Å². The van der Waals surface area contributed by atoms with E-state index < -0.39 is 5.97 Å². The molecule has 3 saturated heterocycles. The first kappa shape index (κ1) is 40.8. The first-order valence-corrected chi connectivity index (χ1v) is 17.2. The number of amides is 1. The zero-order valence-electron chi connectivity index (χ0n) is 28.7. The van der Waals surface area contributed by atoms with Crippen LogP contribution in [0.1, 0.15) is 60.5 Å². The highest BCUT2D eigenvalue weighted by Crippen LogP contribution is 2.34. The smallest absolute Gasteiger partial charge is 0.300 e. The molecule has 3 N–H and O–H groups in total. The van der Waals surface area contributed by atoms with Gasteiger partial charge in [0.05, 0.1) is 34.9 Å². The Labute approximate surface area is 303 Å². The quantitative estimate of drug-likeness (QED) is 0.306. The second kappa shape index (κ2) is 19.1. The summed E-state index contributed by atoms with van der Waals surface area (Å²) in [6.07, 6.45) is 3.51. The largest absolute Gasteiger partial charge is 0.481 e. The summed E-state index contributed by atoms with van der Waals surface area (Å²) < 4.78 is 11.8. The van der Waals surface area contributed by atoms with Crippen molar-refractivity contribution < 1.29 is 34.4 Å². The molecule has 1 atom stereocenters. The van der Waals surface area contributed by atoms with Crippen molar-refractivity contribution in [2.24, 2.45) is 0 Å². The summed E-state index contributed by atoms with van der Waals surface area (Å²) >= 11 is 12.7. The lowest BCUT2D eigenvalue weighted by molar-refractivity contribution is -0.191. The molecule has 3 aliphatic heterocycles. The summed E-state index contributed by atoms with van der Waals surface area (Å²) in [4.78, 5) is 38.4. The molecule has 1 amide bonds. The molecule has 3 fully saturated rings. The van der Waals surface area contributed by atoms with Crippen LogP contribution in [0.15, 0.2) is 54.6 Å². The molecule has 0 aromatic heterocycles. The molecule has 0 radical (unpaired) electrons. The predicted octanol–water partition coefficient (Wildman–Crippen LogP) is 5.26. The van der Waals surface area contributed by atoms with Crippen LogP contribution < -0.4 is 0 Å². The molecule has 50 heavy (non-hydrogen) atoms. The van der Waals surface area contributed by atoms with Gasteiger partial charge in [-0.15, -0.1) is 0 Å². The lowest BCUT2D eigenvalue weighted by Gasteiger charge is -2.49. The SMILES string of the molecule is CC(=O)O.CC=O.CN(C[C@@H](CCN1CC(N2CCC3(CC2)OCCO3)C1)c1ccc(Cl)c(Cl)c1)C(=O)c1cc(C#N)cc2ccccc12.O. The molecular weight excluding hydrogens is 683 g/mol. The fourth-order valence-corrected chi connectivity index (χ4v) is 6.92. The van der Waals surface area contributed by atoms with Gasteiger partial charge in [0, 0.05) is 77.1 Å². The van der Waals surface area contributed by atoms with Crippen LogP contribution in [-0.2, 0) is 19.1 Å². The van der Waals surface area contributed by atoms with Crippen molar-refractivity contribution in [3.8, 4) is 6.07 Å². The molecule has 0 aliphatic carbocycles. The van der Waals surface area contributed by atoms with E-state index in [0.29, 0.717) is 47.0 Å². The number of rotatable bonds is 8. The molecule has 11 nitrogen and oxygen atoms in total. The number of piperidine rings is 1. The Morgan fingerprint density at radius 2 is 1.70 bits per heavy atom. The number of carbonyl (C=O) groups is 3. The Morgan fingerprint density at radius 3 is 2.30 bits per heavy atom. The van der Waals surface area contributed by atoms with E-state index >= 15 is 0 Å². The van der Waals surface area contributed by atoms with Gasteiger partial charge in [-0.2, -0.15) is 5.26 Å². The van der Waals surface area contributed by atoms with Crippen LogP contribution >= 0.6 is 23.2 Å². The molecule has 0 saturated carbocycles. The molecule has 0 unspecified atom stereocenters. The summed E-state index contributed by atoms with van der Waals surface area (Å²) in [7, 11) is 1.83. The number of carboxylic acid groups (broad SMARTS) is 1. The van der Waals surface area contributed by atoms with Crippen LogP contribution in [0.25, 0.3) is 10.8 Å². The number of nitriles is 1. The standard InChI is InChI=1S/C33H36Cl2N4O3.C2H4O2.C2H4O.H2O/c1-37(32(40)29-17-23(19-36)16-25-4-2-3-5-28(25)29)20-26(24-6-7-30(34)31(35)18-24)8-11-38-21-27(22-38)39-12-9-33(10-13-39)41-14-15-42-33;1-2(3)4;1-2-3;/h2-7,16-18,26-27H,8-15,20-22H2,1H3;1H3,(H,3,4);2H,1H3;1H2/t26-;;;/m1.../s1. The van der Waals surface area contributed by atoms with Gasteiger partial charge in [0.25, 0.3) is 11.9 Å². The summed E-state index contributed by atoms with van der Waals surface area (Å²) in [5, 5.41) is 19.8. The summed E-state index contributed by atoms with van der Waals surface area (Å²) in [6.45, 7) is 9.52. The highest BCUT2D eigenvalue weighted by Gasteiger charge is 2.43. The normalized spacial score (nSPS) is 17.5. The van der Waals surface area contributed by atoms with Crippen molar-refractivity contribution >= 4 is 52.1 Å². The number of carboxylic acids is 1. The molecule has 3 heterocycles. The average Bonchev–Trinajstić information content (AvgIpc) is 3.52. The molecular formula is C37H46Cl2N4O7. The number of fused-ring (bicyclic) bond motifs is 1. The Kier molecular flexibility index (Phi) is 15.6. The van der Waals surface area contributed by atoms with E-state index in [0.717, 1.165) is 81.5 Å². The number of ether oxygens (including phenoxy) is 2. The van der Waals surface area contributed by atoms with E-state index in [-0.39, 0.29) is 23.1 Å². The highest BCUT2D eigenvalue weighted by molar-refractivity contribution is 6.42. The third-order valence-electron chi connectivity index (χ3n) is 9.10. The molecule has 1 spiro atoms. The number of carbonyl (C=O) groups excluding carboxylic acids is 2.